The summed E-state index contributed by atoms with van der Waals surface area (Å²) in [4.78, 5) is 9.85. The van der Waals surface area contributed by atoms with E-state index in [9.17, 15) is 14.5 Å². The highest BCUT2D eigenvalue weighted by molar-refractivity contribution is 5.50. The van der Waals surface area contributed by atoms with Crippen molar-refractivity contribution in [2.75, 3.05) is 5.32 Å². The average molecular weight is 249 g/mol. The van der Waals surface area contributed by atoms with Gasteiger partial charge in [0.25, 0.3) is 5.69 Å². The first kappa shape index (κ1) is 12.1. The van der Waals surface area contributed by atoms with Gasteiger partial charge in [-0.25, -0.2) is 4.39 Å². The Hall–Kier alpha value is -2.37. The summed E-state index contributed by atoms with van der Waals surface area (Å²) in [6.45, 7) is 0.457. The van der Waals surface area contributed by atoms with E-state index in [1.165, 1.54) is 12.1 Å². The monoisotopic (exact) mass is 249 g/mol. The Labute approximate surface area is 103 Å². The molecule has 2 rings (SSSR count). The third-order valence-corrected chi connectivity index (χ3v) is 2.67. The molecule has 0 unspecified atom stereocenters. The maximum absolute atomic E-state index is 13.6. The van der Waals surface area contributed by atoms with Crippen LogP contribution >= 0.6 is 0 Å². The number of rotatable bonds is 4. The van der Waals surface area contributed by atoms with Gasteiger partial charge in [0, 0.05) is 25.0 Å². The highest BCUT2D eigenvalue weighted by Gasteiger charge is 2.10. The topological polar surface area (TPSA) is 60.1 Å². The minimum Gasteiger partial charge on any atom is -0.377 e. The molecular formula is C12H12FN3O2. The molecular weight excluding hydrogens is 237 g/mol. The number of benzene rings is 1. The molecule has 0 spiro atoms. The first-order valence-electron chi connectivity index (χ1n) is 5.36. The molecule has 1 aromatic heterocycles. The van der Waals surface area contributed by atoms with Crippen LogP contribution < -0.4 is 5.32 Å². The number of hydrogen-bond donors (Lipinski definition) is 1. The van der Waals surface area contributed by atoms with Gasteiger partial charge in [-0.2, -0.15) is 0 Å². The molecule has 0 aliphatic carbocycles. The molecule has 1 heterocycles. The number of nitrogens with one attached hydrogen (secondary N) is 1. The second-order valence-electron chi connectivity index (χ2n) is 3.89. The summed E-state index contributed by atoms with van der Waals surface area (Å²) in [5, 5.41) is 13.4. The molecule has 1 N–H and O–H groups in total. The van der Waals surface area contributed by atoms with E-state index in [1.54, 1.807) is 0 Å². The summed E-state index contributed by atoms with van der Waals surface area (Å²) >= 11 is 0. The number of aryl methyl sites for hydroxylation is 1. The van der Waals surface area contributed by atoms with Crippen molar-refractivity contribution in [3.63, 3.8) is 0 Å². The summed E-state index contributed by atoms with van der Waals surface area (Å²) in [5.74, 6) is -0.626. The van der Waals surface area contributed by atoms with Gasteiger partial charge in [0.05, 0.1) is 23.2 Å². The van der Waals surface area contributed by atoms with Gasteiger partial charge in [-0.3, -0.25) is 10.1 Å². The third-order valence-electron chi connectivity index (χ3n) is 2.67. The van der Waals surface area contributed by atoms with Crippen molar-refractivity contribution in [1.82, 2.24) is 4.57 Å². The molecule has 0 saturated heterocycles. The van der Waals surface area contributed by atoms with E-state index >= 15 is 0 Å². The predicted octanol–water partition coefficient (Wildman–Crippen LogP) is 2.68. The Bertz CT molecular complexity index is 580. The molecule has 1 aromatic carbocycles. The Morgan fingerprint density at radius 2 is 2.22 bits per heavy atom. The van der Waals surface area contributed by atoms with Crippen molar-refractivity contribution in [1.29, 1.82) is 0 Å². The van der Waals surface area contributed by atoms with Crippen molar-refractivity contribution >= 4 is 11.4 Å². The van der Waals surface area contributed by atoms with E-state index in [0.29, 0.717) is 6.54 Å². The highest BCUT2D eigenvalue weighted by Crippen LogP contribution is 2.20. The number of anilines is 1. The van der Waals surface area contributed by atoms with Crippen LogP contribution in [0.3, 0.4) is 0 Å². The van der Waals surface area contributed by atoms with E-state index in [4.69, 9.17) is 0 Å². The Morgan fingerprint density at radius 1 is 1.44 bits per heavy atom. The lowest BCUT2D eigenvalue weighted by atomic mass is 10.2. The van der Waals surface area contributed by atoms with Crippen LogP contribution in [0.2, 0.25) is 0 Å². The second-order valence-corrected chi connectivity index (χ2v) is 3.89. The minimum absolute atomic E-state index is 0.252. The van der Waals surface area contributed by atoms with Gasteiger partial charge in [0.1, 0.15) is 0 Å². The number of halogens is 1. The van der Waals surface area contributed by atoms with Crippen molar-refractivity contribution in [3.8, 4) is 0 Å². The number of nitro benzene ring substituents is 1. The molecule has 6 heteroatoms. The molecule has 5 nitrogen and oxygen atoms in total. The van der Waals surface area contributed by atoms with Crippen molar-refractivity contribution in [3.05, 3.63) is 58.2 Å². The van der Waals surface area contributed by atoms with Crippen LogP contribution in [0.25, 0.3) is 0 Å². The standard InChI is InChI=1S/C12H12FN3O2/c1-15-6-2-3-10(15)8-14-12-5-4-9(16(17)18)7-11(12)13/h2-7,14H,8H2,1H3. The minimum atomic E-state index is -0.626. The summed E-state index contributed by atoms with van der Waals surface area (Å²) in [5.41, 5.74) is 0.992. The average Bonchev–Trinajstić information content (AvgIpc) is 2.73. The van der Waals surface area contributed by atoms with E-state index < -0.39 is 10.7 Å². The SMILES string of the molecule is Cn1cccc1CNc1ccc([N+](=O)[O-])cc1F. The van der Waals surface area contributed by atoms with Gasteiger partial charge in [-0.15, -0.1) is 0 Å². The largest absolute Gasteiger partial charge is 0.377 e. The van der Waals surface area contributed by atoms with Crippen molar-refractivity contribution in [2.24, 2.45) is 7.05 Å². The lowest BCUT2D eigenvalue weighted by Crippen LogP contribution is -2.05. The lowest BCUT2D eigenvalue weighted by Gasteiger charge is -2.08. The number of non-ortho nitro benzene ring substituents is 1. The van der Waals surface area contributed by atoms with Crippen LogP contribution in [0, 0.1) is 15.9 Å². The fourth-order valence-electron chi connectivity index (χ4n) is 1.63. The van der Waals surface area contributed by atoms with E-state index in [-0.39, 0.29) is 11.4 Å². The van der Waals surface area contributed by atoms with Gasteiger partial charge >= 0.3 is 0 Å². The Morgan fingerprint density at radius 3 is 2.78 bits per heavy atom. The maximum Gasteiger partial charge on any atom is 0.272 e. The Balaban J connectivity index is 2.11. The lowest BCUT2D eigenvalue weighted by molar-refractivity contribution is -0.385. The summed E-state index contributed by atoms with van der Waals surface area (Å²) < 4.78 is 15.5. The predicted molar refractivity (Wildman–Crippen MR) is 65.8 cm³/mol. The molecule has 94 valence electrons. The molecule has 18 heavy (non-hydrogen) atoms. The molecule has 0 aliphatic heterocycles. The maximum atomic E-state index is 13.6. The molecule has 0 radical (unpaired) electrons. The molecule has 0 atom stereocenters. The highest BCUT2D eigenvalue weighted by atomic mass is 19.1. The smallest absolute Gasteiger partial charge is 0.272 e. The van der Waals surface area contributed by atoms with Crippen LogP contribution in [0.15, 0.2) is 36.5 Å². The van der Waals surface area contributed by atoms with E-state index in [0.717, 1.165) is 11.8 Å². The fourth-order valence-corrected chi connectivity index (χ4v) is 1.63. The first-order chi connectivity index (χ1) is 8.58. The van der Waals surface area contributed by atoms with Gasteiger partial charge in [0.15, 0.2) is 5.82 Å². The summed E-state index contributed by atoms with van der Waals surface area (Å²) in [6, 6.07) is 7.36. The second kappa shape index (κ2) is 4.87. The van der Waals surface area contributed by atoms with Gasteiger partial charge in [-0.1, -0.05) is 0 Å². The molecule has 2 aromatic rings. The summed E-state index contributed by atoms with van der Waals surface area (Å²) in [6.07, 6.45) is 1.89. The van der Waals surface area contributed by atoms with Crippen LogP contribution in [0.1, 0.15) is 5.69 Å². The molecule has 0 aliphatic rings. The number of nitro groups is 1. The molecule has 0 amide bonds. The van der Waals surface area contributed by atoms with Crippen molar-refractivity contribution < 1.29 is 9.31 Å². The van der Waals surface area contributed by atoms with Gasteiger partial charge in [0.2, 0.25) is 0 Å². The molecule has 0 saturated carbocycles. The zero-order chi connectivity index (χ0) is 13.1. The quantitative estimate of drug-likeness (QED) is 0.669. The molecule has 0 fully saturated rings. The number of aromatic nitrogens is 1. The normalized spacial score (nSPS) is 10.3. The zero-order valence-electron chi connectivity index (χ0n) is 9.76. The number of hydrogen-bond acceptors (Lipinski definition) is 3. The molecule has 0 bridgehead atoms. The van der Waals surface area contributed by atoms with Crippen LogP contribution in [-0.4, -0.2) is 9.49 Å². The third kappa shape index (κ3) is 2.48. The van der Waals surface area contributed by atoms with Gasteiger partial charge < -0.3 is 9.88 Å². The Kier molecular flexibility index (Phi) is 3.27. The van der Waals surface area contributed by atoms with Crippen LogP contribution in [-0.2, 0) is 13.6 Å². The number of nitrogens with zero attached hydrogens (tertiary/aromatic N) is 2. The first-order valence-corrected chi connectivity index (χ1v) is 5.36. The van der Waals surface area contributed by atoms with E-state index in [1.807, 2.05) is 29.9 Å². The van der Waals surface area contributed by atoms with Gasteiger partial charge in [-0.05, 0) is 18.2 Å². The van der Waals surface area contributed by atoms with Crippen molar-refractivity contribution in [2.45, 2.75) is 6.54 Å². The fraction of sp³-hybridized carbons (Fsp3) is 0.167. The zero-order valence-corrected chi connectivity index (χ0v) is 9.76. The van der Waals surface area contributed by atoms with E-state index in [2.05, 4.69) is 5.32 Å². The summed E-state index contributed by atoms with van der Waals surface area (Å²) in [7, 11) is 1.89. The van der Waals surface area contributed by atoms with Crippen LogP contribution in [0.5, 0.6) is 0 Å². The van der Waals surface area contributed by atoms with Crippen LogP contribution in [0.4, 0.5) is 15.8 Å².